The molecule has 3 N–H and O–H groups in total. The Labute approximate surface area is 107 Å². The SMILES string of the molecule is Nc1cccc(N2CCC3NC(=O)CCC3C2)c1. The minimum atomic E-state index is 0.216. The molecule has 2 fully saturated rings. The molecule has 0 saturated carbocycles. The van der Waals surface area contributed by atoms with Gasteiger partial charge in [-0.1, -0.05) is 6.07 Å². The summed E-state index contributed by atoms with van der Waals surface area (Å²) in [6, 6.07) is 8.43. The van der Waals surface area contributed by atoms with Crippen LogP contribution in [-0.2, 0) is 4.79 Å². The zero-order valence-electron chi connectivity index (χ0n) is 10.4. The quantitative estimate of drug-likeness (QED) is 0.735. The van der Waals surface area contributed by atoms with Gasteiger partial charge in [0.05, 0.1) is 0 Å². The molecule has 2 unspecified atom stereocenters. The van der Waals surface area contributed by atoms with Crippen LogP contribution in [0.25, 0.3) is 0 Å². The Morgan fingerprint density at radius 2 is 2.22 bits per heavy atom. The lowest BCUT2D eigenvalue weighted by atomic mass is 9.85. The summed E-state index contributed by atoms with van der Waals surface area (Å²) in [5.41, 5.74) is 7.84. The third-order valence-electron chi connectivity index (χ3n) is 4.06. The van der Waals surface area contributed by atoms with E-state index in [9.17, 15) is 4.79 Å². The van der Waals surface area contributed by atoms with Gasteiger partial charge in [0.15, 0.2) is 0 Å². The highest BCUT2D eigenvalue weighted by Crippen LogP contribution is 2.29. The fraction of sp³-hybridized carbons (Fsp3) is 0.500. The van der Waals surface area contributed by atoms with Crippen molar-refractivity contribution in [2.75, 3.05) is 23.7 Å². The number of rotatable bonds is 1. The Hall–Kier alpha value is -1.71. The van der Waals surface area contributed by atoms with Gasteiger partial charge in [0, 0.05) is 36.9 Å². The van der Waals surface area contributed by atoms with Crippen LogP contribution in [0.5, 0.6) is 0 Å². The van der Waals surface area contributed by atoms with Gasteiger partial charge in [0.1, 0.15) is 0 Å². The number of benzene rings is 1. The van der Waals surface area contributed by atoms with E-state index >= 15 is 0 Å². The standard InChI is InChI=1S/C14H19N3O/c15-11-2-1-3-12(8-11)17-7-6-13-10(9-17)4-5-14(18)16-13/h1-3,8,10,13H,4-7,9,15H2,(H,16,18). The van der Waals surface area contributed by atoms with Crippen molar-refractivity contribution in [2.45, 2.75) is 25.3 Å². The second-order valence-corrected chi connectivity index (χ2v) is 5.30. The smallest absolute Gasteiger partial charge is 0.220 e. The summed E-state index contributed by atoms with van der Waals surface area (Å²) < 4.78 is 0. The first-order chi connectivity index (χ1) is 8.72. The van der Waals surface area contributed by atoms with Crippen LogP contribution >= 0.6 is 0 Å². The maximum absolute atomic E-state index is 11.4. The number of piperidine rings is 2. The van der Waals surface area contributed by atoms with Crippen LogP contribution in [0.1, 0.15) is 19.3 Å². The Morgan fingerprint density at radius 3 is 3.06 bits per heavy atom. The van der Waals surface area contributed by atoms with Gasteiger partial charge in [-0.3, -0.25) is 4.79 Å². The second-order valence-electron chi connectivity index (χ2n) is 5.30. The van der Waals surface area contributed by atoms with E-state index in [1.54, 1.807) is 0 Å². The fourth-order valence-electron chi connectivity index (χ4n) is 3.07. The van der Waals surface area contributed by atoms with Crippen LogP contribution in [0.3, 0.4) is 0 Å². The first-order valence-corrected chi connectivity index (χ1v) is 6.62. The van der Waals surface area contributed by atoms with Gasteiger partial charge >= 0.3 is 0 Å². The molecule has 0 aliphatic carbocycles. The highest BCUT2D eigenvalue weighted by atomic mass is 16.1. The molecule has 2 saturated heterocycles. The lowest BCUT2D eigenvalue weighted by molar-refractivity contribution is -0.124. The summed E-state index contributed by atoms with van der Waals surface area (Å²) in [7, 11) is 0. The van der Waals surface area contributed by atoms with Crippen molar-refractivity contribution in [3.05, 3.63) is 24.3 Å². The molecular formula is C14H19N3O. The van der Waals surface area contributed by atoms with Gasteiger partial charge < -0.3 is 16.0 Å². The van der Waals surface area contributed by atoms with Crippen molar-refractivity contribution >= 4 is 17.3 Å². The van der Waals surface area contributed by atoms with Crippen molar-refractivity contribution < 1.29 is 4.79 Å². The van der Waals surface area contributed by atoms with Crippen molar-refractivity contribution in [3.8, 4) is 0 Å². The van der Waals surface area contributed by atoms with E-state index < -0.39 is 0 Å². The summed E-state index contributed by atoms with van der Waals surface area (Å²) in [5, 5.41) is 3.11. The largest absolute Gasteiger partial charge is 0.399 e. The van der Waals surface area contributed by atoms with Crippen LogP contribution in [0.15, 0.2) is 24.3 Å². The van der Waals surface area contributed by atoms with Crippen molar-refractivity contribution in [1.29, 1.82) is 0 Å². The molecule has 4 heteroatoms. The molecule has 0 radical (unpaired) electrons. The van der Waals surface area contributed by atoms with E-state index in [2.05, 4.69) is 16.3 Å². The minimum Gasteiger partial charge on any atom is -0.399 e. The average molecular weight is 245 g/mol. The minimum absolute atomic E-state index is 0.216. The first-order valence-electron chi connectivity index (χ1n) is 6.62. The third kappa shape index (κ3) is 2.15. The molecule has 2 aliphatic rings. The highest BCUT2D eigenvalue weighted by molar-refractivity contribution is 5.77. The third-order valence-corrected chi connectivity index (χ3v) is 4.06. The lowest BCUT2D eigenvalue weighted by Gasteiger charge is -2.42. The summed E-state index contributed by atoms with van der Waals surface area (Å²) in [4.78, 5) is 13.8. The zero-order chi connectivity index (χ0) is 12.5. The van der Waals surface area contributed by atoms with Gasteiger partial charge in [0.2, 0.25) is 5.91 Å². The number of amides is 1. The normalized spacial score (nSPS) is 27.6. The van der Waals surface area contributed by atoms with Crippen LogP contribution in [-0.4, -0.2) is 25.0 Å². The summed E-state index contributed by atoms with van der Waals surface area (Å²) >= 11 is 0. The van der Waals surface area contributed by atoms with Gasteiger partial charge in [-0.05, 0) is 37.0 Å². The number of nitrogens with zero attached hydrogens (tertiary/aromatic N) is 1. The van der Waals surface area contributed by atoms with E-state index in [0.29, 0.717) is 18.4 Å². The number of carbonyl (C=O) groups excluding carboxylic acids is 1. The highest BCUT2D eigenvalue weighted by Gasteiger charge is 2.33. The van der Waals surface area contributed by atoms with Crippen LogP contribution in [0, 0.1) is 5.92 Å². The molecule has 1 aromatic rings. The van der Waals surface area contributed by atoms with Gasteiger partial charge in [-0.2, -0.15) is 0 Å². The zero-order valence-corrected chi connectivity index (χ0v) is 10.4. The topological polar surface area (TPSA) is 58.4 Å². The number of nitrogens with one attached hydrogen (secondary N) is 1. The number of nitrogens with two attached hydrogens (primary N) is 1. The number of anilines is 2. The summed E-state index contributed by atoms with van der Waals surface area (Å²) in [6.45, 7) is 2.01. The van der Waals surface area contributed by atoms with Crippen LogP contribution in [0.4, 0.5) is 11.4 Å². The van der Waals surface area contributed by atoms with Crippen molar-refractivity contribution in [1.82, 2.24) is 5.32 Å². The van der Waals surface area contributed by atoms with Gasteiger partial charge in [-0.15, -0.1) is 0 Å². The maximum atomic E-state index is 11.4. The average Bonchev–Trinajstić information content (AvgIpc) is 2.38. The summed E-state index contributed by atoms with van der Waals surface area (Å²) in [6.07, 6.45) is 2.71. The molecule has 2 atom stereocenters. The predicted octanol–water partition coefficient (Wildman–Crippen LogP) is 1.37. The molecule has 1 amide bonds. The van der Waals surface area contributed by atoms with Crippen molar-refractivity contribution in [3.63, 3.8) is 0 Å². The summed E-state index contributed by atoms with van der Waals surface area (Å²) in [5.74, 6) is 0.798. The lowest BCUT2D eigenvalue weighted by Crippen LogP contribution is -2.54. The van der Waals surface area contributed by atoms with E-state index in [1.807, 2.05) is 18.2 Å². The van der Waals surface area contributed by atoms with Crippen LogP contribution < -0.4 is 16.0 Å². The van der Waals surface area contributed by atoms with Gasteiger partial charge in [0.25, 0.3) is 0 Å². The van der Waals surface area contributed by atoms with E-state index in [-0.39, 0.29) is 5.91 Å². The Balaban J connectivity index is 1.72. The molecule has 0 bridgehead atoms. The molecule has 4 nitrogen and oxygen atoms in total. The first kappa shape index (κ1) is 11.4. The Kier molecular flexibility index (Phi) is 2.86. The maximum Gasteiger partial charge on any atom is 0.220 e. The Morgan fingerprint density at radius 1 is 1.33 bits per heavy atom. The molecule has 0 spiro atoms. The van der Waals surface area contributed by atoms with E-state index in [1.165, 1.54) is 5.69 Å². The number of hydrogen-bond acceptors (Lipinski definition) is 3. The van der Waals surface area contributed by atoms with Crippen LogP contribution in [0.2, 0.25) is 0 Å². The van der Waals surface area contributed by atoms with E-state index in [0.717, 1.165) is 31.6 Å². The van der Waals surface area contributed by atoms with Crippen molar-refractivity contribution in [2.24, 2.45) is 5.92 Å². The van der Waals surface area contributed by atoms with Gasteiger partial charge in [-0.25, -0.2) is 0 Å². The molecular weight excluding hydrogens is 226 g/mol. The van der Waals surface area contributed by atoms with E-state index in [4.69, 9.17) is 5.73 Å². The Bertz CT molecular complexity index is 460. The molecule has 1 aromatic carbocycles. The molecule has 0 aromatic heterocycles. The number of carbonyl (C=O) groups is 1. The molecule has 2 aliphatic heterocycles. The number of fused-ring (bicyclic) bond motifs is 1. The molecule has 2 heterocycles. The second kappa shape index (κ2) is 4.52. The predicted molar refractivity (Wildman–Crippen MR) is 72.3 cm³/mol. The number of nitrogen functional groups attached to an aromatic ring is 1. The number of hydrogen-bond donors (Lipinski definition) is 2. The molecule has 96 valence electrons. The monoisotopic (exact) mass is 245 g/mol. The molecule has 3 rings (SSSR count). The fourth-order valence-corrected chi connectivity index (χ4v) is 3.07. The molecule has 18 heavy (non-hydrogen) atoms.